The molecule has 0 N–H and O–H groups in total. The summed E-state index contributed by atoms with van der Waals surface area (Å²) in [4.78, 5) is 11.0. The number of carbonyl (C=O) groups is 1. The average Bonchev–Trinajstić information content (AvgIpc) is 2.14. The molecular formula is C10H6F4O. The van der Waals surface area contributed by atoms with Gasteiger partial charge in [-0.3, -0.25) is 4.79 Å². The molecule has 0 aliphatic heterocycles. The first-order valence-corrected chi connectivity index (χ1v) is 3.89. The van der Waals surface area contributed by atoms with Gasteiger partial charge in [-0.1, -0.05) is 6.58 Å². The molecule has 0 aliphatic rings. The van der Waals surface area contributed by atoms with Crippen LogP contribution in [-0.4, -0.2) is 5.78 Å². The van der Waals surface area contributed by atoms with Crippen LogP contribution in [0.1, 0.15) is 15.9 Å². The number of carbonyl (C=O) groups excluding carboxylic acids is 1. The number of allylic oxidation sites excluding steroid dienone is 1. The molecule has 0 heterocycles. The Labute approximate surface area is 83.0 Å². The second kappa shape index (κ2) is 3.84. The molecule has 0 bridgehead atoms. The van der Waals surface area contributed by atoms with E-state index in [0.29, 0.717) is 12.1 Å². The molecule has 0 amide bonds. The van der Waals surface area contributed by atoms with Gasteiger partial charge in [0, 0.05) is 5.56 Å². The first kappa shape index (κ1) is 11.4. The number of benzene rings is 1. The molecular weight excluding hydrogens is 212 g/mol. The predicted octanol–water partition coefficient (Wildman–Crippen LogP) is 3.21. The number of ketones is 1. The highest BCUT2D eigenvalue weighted by molar-refractivity contribution is 6.04. The molecule has 15 heavy (non-hydrogen) atoms. The van der Waals surface area contributed by atoms with Crippen molar-refractivity contribution in [3.05, 3.63) is 47.8 Å². The van der Waals surface area contributed by atoms with Crippen LogP contribution in [0, 0.1) is 5.82 Å². The summed E-state index contributed by atoms with van der Waals surface area (Å²) < 4.78 is 49.4. The van der Waals surface area contributed by atoms with Crippen molar-refractivity contribution in [3.63, 3.8) is 0 Å². The maximum atomic E-state index is 12.8. The highest BCUT2D eigenvalue weighted by atomic mass is 19.4. The fourth-order valence-electron chi connectivity index (χ4n) is 1.01. The summed E-state index contributed by atoms with van der Waals surface area (Å²) in [6.07, 6.45) is -3.84. The second-order valence-corrected chi connectivity index (χ2v) is 2.79. The molecule has 1 aromatic carbocycles. The Morgan fingerprint density at radius 3 is 2.33 bits per heavy atom. The van der Waals surface area contributed by atoms with Crippen molar-refractivity contribution in [2.75, 3.05) is 0 Å². The standard InChI is InChI=1S/C10H6F4O/c1-2-9(15)6-3-7(10(12,13)14)5-8(11)4-6/h2-5H,1H2. The van der Waals surface area contributed by atoms with Crippen LogP contribution >= 0.6 is 0 Å². The van der Waals surface area contributed by atoms with Crippen molar-refractivity contribution in [2.45, 2.75) is 6.18 Å². The van der Waals surface area contributed by atoms with E-state index in [-0.39, 0.29) is 5.56 Å². The summed E-state index contributed by atoms with van der Waals surface area (Å²) in [5, 5.41) is 0. The summed E-state index contributed by atoms with van der Waals surface area (Å²) in [6.45, 7) is 3.11. The summed E-state index contributed by atoms with van der Waals surface area (Å²) in [5.41, 5.74) is -1.55. The smallest absolute Gasteiger partial charge is 0.289 e. The predicted molar refractivity (Wildman–Crippen MR) is 45.9 cm³/mol. The fraction of sp³-hybridized carbons (Fsp3) is 0.100. The summed E-state index contributed by atoms with van der Waals surface area (Å²) in [5.74, 6) is -1.85. The van der Waals surface area contributed by atoms with Crippen LogP contribution in [0.15, 0.2) is 30.9 Å². The molecule has 5 heteroatoms. The SMILES string of the molecule is C=CC(=O)c1cc(F)cc(C(F)(F)F)c1. The van der Waals surface area contributed by atoms with Crippen molar-refractivity contribution in [1.82, 2.24) is 0 Å². The average molecular weight is 218 g/mol. The van der Waals surface area contributed by atoms with Gasteiger partial charge in [0.15, 0.2) is 5.78 Å². The molecule has 1 nitrogen and oxygen atoms in total. The van der Waals surface area contributed by atoms with Gasteiger partial charge in [-0.25, -0.2) is 4.39 Å². The zero-order chi connectivity index (χ0) is 11.6. The Balaban J connectivity index is 3.28. The minimum atomic E-state index is -4.67. The van der Waals surface area contributed by atoms with E-state index in [4.69, 9.17) is 0 Å². The fourth-order valence-corrected chi connectivity index (χ4v) is 1.01. The lowest BCUT2D eigenvalue weighted by Crippen LogP contribution is -2.07. The van der Waals surface area contributed by atoms with E-state index in [2.05, 4.69) is 6.58 Å². The van der Waals surface area contributed by atoms with Crippen LogP contribution in [0.4, 0.5) is 17.6 Å². The van der Waals surface area contributed by atoms with E-state index >= 15 is 0 Å². The van der Waals surface area contributed by atoms with Gasteiger partial charge in [0.1, 0.15) is 5.82 Å². The molecule has 0 aromatic heterocycles. The van der Waals surface area contributed by atoms with E-state index in [1.165, 1.54) is 0 Å². The molecule has 1 aromatic rings. The molecule has 0 radical (unpaired) electrons. The third-order valence-corrected chi connectivity index (χ3v) is 1.70. The first-order valence-electron chi connectivity index (χ1n) is 3.89. The topological polar surface area (TPSA) is 17.1 Å². The Morgan fingerprint density at radius 1 is 1.27 bits per heavy atom. The van der Waals surface area contributed by atoms with E-state index in [0.717, 1.165) is 12.1 Å². The van der Waals surface area contributed by atoms with Crippen molar-refractivity contribution in [3.8, 4) is 0 Å². The number of alkyl halides is 3. The van der Waals surface area contributed by atoms with Crippen molar-refractivity contribution in [2.24, 2.45) is 0 Å². The van der Waals surface area contributed by atoms with Gasteiger partial charge in [-0.15, -0.1) is 0 Å². The number of hydrogen-bond donors (Lipinski definition) is 0. The van der Waals surface area contributed by atoms with E-state index < -0.39 is 23.3 Å². The second-order valence-electron chi connectivity index (χ2n) is 2.79. The highest BCUT2D eigenvalue weighted by Crippen LogP contribution is 2.30. The van der Waals surface area contributed by atoms with E-state index in [1.807, 2.05) is 0 Å². The molecule has 0 spiro atoms. The van der Waals surface area contributed by atoms with Gasteiger partial charge in [0.25, 0.3) is 0 Å². The third-order valence-electron chi connectivity index (χ3n) is 1.70. The maximum absolute atomic E-state index is 12.8. The summed E-state index contributed by atoms with van der Waals surface area (Å²) >= 11 is 0. The Morgan fingerprint density at radius 2 is 1.87 bits per heavy atom. The largest absolute Gasteiger partial charge is 0.416 e. The van der Waals surface area contributed by atoms with Crippen molar-refractivity contribution in [1.29, 1.82) is 0 Å². The van der Waals surface area contributed by atoms with Gasteiger partial charge in [0.05, 0.1) is 5.56 Å². The third kappa shape index (κ3) is 2.65. The summed E-state index contributed by atoms with van der Waals surface area (Å²) in [6, 6.07) is 1.66. The highest BCUT2D eigenvalue weighted by Gasteiger charge is 2.31. The van der Waals surface area contributed by atoms with E-state index in [9.17, 15) is 22.4 Å². The number of hydrogen-bond acceptors (Lipinski definition) is 1. The maximum Gasteiger partial charge on any atom is 0.416 e. The monoisotopic (exact) mass is 218 g/mol. The van der Waals surface area contributed by atoms with Crippen LogP contribution in [0.2, 0.25) is 0 Å². The van der Waals surface area contributed by atoms with Crippen LogP contribution in [-0.2, 0) is 6.18 Å². The zero-order valence-electron chi connectivity index (χ0n) is 7.44. The zero-order valence-corrected chi connectivity index (χ0v) is 7.44. The van der Waals surface area contributed by atoms with Gasteiger partial charge < -0.3 is 0 Å². The Bertz CT molecular complexity index is 406. The molecule has 0 saturated carbocycles. The van der Waals surface area contributed by atoms with Crippen molar-refractivity contribution >= 4 is 5.78 Å². The van der Waals surface area contributed by atoms with E-state index in [1.54, 1.807) is 0 Å². The van der Waals surface area contributed by atoms with Gasteiger partial charge >= 0.3 is 6.18 Å². The molecule has 0 saturated heterocycles. The quantitative estimate of drug-likeness (QED) is 0.423. The van der Waals surface area contributed by atoms with Gasteiger partial charge in [-0.2, -0.15) is 13.2 Å². The number of rotatable bonds is 2. The lowest BCUT2D eigenvalue weighted by molar-refractivity contribution is -0.137. The molecule has 0 atom stereocenters. The molecule has 80 valence electrons. The van der Waals surface area contributed by atoms with Crippen LogP contribution in [0.25, 0.3) is 0 Å². The van der Waals surface area contributed by atoms with Crippen LogP contribution in [0.3, 0.4) is 0 Å². The lowest BCUT2D eigenvalue weighted by Gasteiger charge is -2.07. The lowest BCUT2D eigenvalue weighted by atomic mass is 10.1. The normalized spacial score (nSPS) is 11.2. The molecule has 0 unspecified atom stereocenters. The molecule has 0 aliphatic carbocycles. The molecule has 1 rings (SSSR count). The number of halogens is 4. The minimum Gasteiger partial charge on any atom is -0.289 e. The summed E-state index contributed by atoms with van der Waals surface area (Å²) in [7, 11) is 0. The first-order chi connectivity index (χ1) is 6.84. The van der Waals surface area contributed by atoms with Crippen LogP contribution in [0.5, 0.6) is 0 Å². The van der Waals surface area contributed by atoms with Crippen molar-refractivity contribution < 1.29 is 22.4 Å². The van der Waals surface area contributed by atoms with Gasteiger partial charge in [-0.05, 0) is 24.3 Å². The van der Waals surface area contributed by atoms with Crippen LogP contribution < -0.4 is 0 Å². The molecule has 0 fully saturated rings. The minimum absolute atomic E-state index is 0.333. The van der Waals surface area contributed by atoms with Gasteiger partial charge in [0.2, 0.25) is 0 Å². The Kier molecular flexibility index (Phi) is 2.93. The Hall–Kier alpha value is -1.65.